The SMILES string of the molecule is O=C(Nc1cc(F)c(-n2ccnc2)c(F)c1)c1ccc2c(c1)S(=O)(=O)Nc1ncnn1-2. The lowest BCUT2D eigenvalue weighted by Crippen LogP contribution is -2.24. The average Bonchev–Trinajstić information content (AvgIpc) is 3.39. The Morgan fingerprint density at radius 3 is 2.61 bits per heavy atom. The number of hydrogen-bond donors (Lipinski definition) is 2. The standard InChI is InChI=1S/C18H11F2N7O3S/c19-12-6-11(7-13(20)16(12)26-4-3-21-9-26)24-17(28)10-1-2-14-15(5-10)31(29,30)25-18-22-8-23-27(14)18/h1-9H,(H,24,28)(H,22,23,25). The van der Waals surface area contributed by atoms with Crippen LogP contribution in [-0.2, 0) is 10.0 Å². The van der Waals surface area contributed by atoms with Gasteiger partial charge in [0.05, 0.1) is 12.0 Å². The molecular weight excluding hydrogens is 432 g/mol. The number of fused-ring (bicyclic) bond motifs is 3. The Labute approximate surface area is 173 Å². The molecule has 0 atom stereocenters. The molecule has 0 spiro atoms. The largest absolute Gasteiger partial charge is 0.322 e. The van der Waals surface area contributed by atoms with Crippen molar-refractivity contribution in [2.75, 3.05) is 10.0 Å². The number of sulfonamides is 1. The van der Waals surface area contributed by atoms with Gasteiger partial charge in [0.15, 0.2) is 11.6 Å². The highest BCUT2D eigenvalue weighted by Crippen LogP contribution is 2.30. The Morgan fingerprint density at radius 1 is 1.13 bits per heavy atom. The Bertz CT molecular complexity index is 1430. The highest BCUT2D eigenvalue weighted by molar-refractivity contribution is 7.93. The van der Waals surface area contributed by atoms with Crippen LogP contribution < -0.4 is 10.0 Å². The van der Waals surface area contributed by atoms with Gasteiger partial charge < -0.3 is 9.88 Å². The first-order chi connectivity index (χ1) is 14.8. The van der Waals surface area contributed by atoms with Crippen LogP contribution in [0.15, 0.2) is 60.3 Å². The van der Waals surface area contributed by atoms with Crippen LogP contribution in [0.2, 0.25) is 0 Å². The van der Waals surface area contributed by atoms with Crippen molar-refractivity contribution < 1.29 is 22.0 Å². The molecule has 2 aromatic heterocycles. The van der Waals surface area contributed by atoms with Gasteiger partial charge in [0.25, 0.3) is 15.9 Å². The van der Waals surface area contributed by atoms with Crippen LogP contribution in [0, 0.1) is 11.6 Å². The second-order valence-corrected chi connectivity index (χ2v) is 8.15. The molecule has 10 nitrogen and oxygen atoms in total. The van der Waals surface area contributed by atoms with E-state index in [1.54, 1.807) is 0 Å². The minimum atomic E-state index is -3.98. The van der Waals surface area contributed by atoms with Crippen molar-refractivity contribution in [3.05, 3.63) is 72.6 Å². The summed E-state index contributed by atoms with van der Waals surface area (Å²) in [5.41, 5.74) is -0.303. The van der Waals surface area contributed by atoms with Gasteiger partial charge >= 0.3 is 0 Å². The summed E-state index contributed by atoms with van der Waals surface area (Å²) in [7, 11) is -3.98. The lowest BCUT2D eigenvalue weighted by molar-refractivity contribution is 0.102. The van der Waals surface area contributed by atoms with E-state index < -0.39 is 27.6 Å². The monoisotopic (exact) mass is 443 g/mol. The predicted molar refractivity (Wildman–Crippen MR) is 104 cm³/mol. The van der Waals surface area contributed by atoms with E-state index in [4.69, 9.17) is 0 Å². The maximum atomic E-state index is 14.4. The van der Waals surface area contributed by atoms with Crippen molar-refractivity contribution in [2.45, 2.75) is 4.90 Å². The summed E-state index contributed by atoms with van der Waals surface area (Å²) in [6.07, 6.45) is 5.17. The molecule has 2 aromatic carbocycles. The van der Waals surface area contributed by atoms with E-state index in [0.29, 0.717) is 0 Å². The van der Waals surface area contributed by atoms with Gasteiger partial charge in [-0.15, -0.1) is 0 Å². The minimum absolute atomic E-state index is 0.0219. The first-order valence-corrected chi connectivity index (χ1v) is 10.2. The van der Waals surface area contributed by atoms with Crippen molar-refractivity contribution in [2.24, 2.45) is 0 Å². The van der Waals surface area contributed by atoms with E-state index in [1.165, 1.54) is 41.9 Å². The summed E-state index contributed by atoms with van der Waals surface area (Å²) in [5, 5.41) is 6.31. The zero-order valence-electron chi connectivity index (χ0n) is 15.3. The highest BCUT2D eigenvalue weighted by Gasteiger charge is 2.30. The van der Waals surface area contributed by atoms with Gasteiger partial charge in [-0.1, -0.05) is 0 Å². The van der Waals surface area contributed by atoms with Crippen molar-refractivity contribution in [1.82, 2.24) is 24.3 Å². The van der Waals surface area contributed by atoms with Crippen LogP contribution in [0.4, 0.5) is 20.4 Å². The van der Waals surface area contributed by atoms with E-state index in [1.807, 2.05) is 0 Å². The summed E-state index contributed by atoms with van der Waals surface area (Å²) in [5.74, 6) is -2.56. The molecule has 0 radical (unpaired) electrons. The molecule has 0 bridgehead atoms. The van der Waals surface area contributed by atoms with Crippen molar-refractivity contribution in [3.8, 4) is 11.4 Å². The summed E-state index contributed by atoms with van der Waals surface area (Å²) in [6, 6.07) is 5.81. The molecule has 5 rings (SSSR count). The molecule has 1 aliphatic heterocycles. The van der Waals surface area contributed by atoms with Gasteiger partial charge in [0.1, 0.15) is 16.9 Å². The summed E-state index contributed by atoms with van der Waals surface area (Å²) >= 11 is 0. The third-order valence-electron chi connectivity index (χ3n) is 4.55. The Hall–Kier alpha value is -4.13. The lowest BCUT2D eigenvalue weighted by atomic mass is 10.1. The Morgan fingerprint density at radius 2 is 1.90 bits per heavy atom. The maximum absolute atomic E-state index is 14.4. The van der Waals surface area contributed by atoms with Crippen LogP contribution in [0.3, 0.4) is 0 Å². The van der Waals surface area contributed by atoms with Gasteiger partial charge in [-0.05, 0) is 30.3 Å². The zero-order valence-corrected chi connectivity index (χ0v) is 16.1. The first-order valence-electron chi connectivity index (χ1n) is 8.69. The molecule has 0 fully saturated rings. The summed E-state index contributed by atoms with van der Waals surface area (Å²) in [6.45, 7) is 0. The summed E-state index contributed by atoms with van der Waals surface area (Å²) in [4.78, 5) is 20.0. The number of imidazole rings is 1. The number of amides is 1. The number of halogens is 2. The Kier molecular flexibility index (Phi) is 4.08. The number of carbonyl (C=O) groups is 1. The van der Waals surface area contributed by atoms with Crippen molar-refractivity contribution in [3.63, 3.8) is 0 Å². The molecule has 1 amide bonds. The van der Waals surface area contributed by atoms with Crippen LogP contribution in [-0.4, -0.2) is 38.6 Å². The van der Waals surface area contributed by atoms with Gasteiger partial charge in [-0.3, -0.25) is 4.79 Å². The Balaban J connectivity index is 1.47. The molecule has 3 heterocycles. The average molecular weight is 443 g/mol. The number of anilines is 2. The number of aromatic nitrogens is 5. The topological polar surface area (TPSA) is 124 Å². The van der Waals surface area contributed by atoms with E-state index in [2.05, 4.69) is 25.1 Å². The molecule has 4 aromatic rings. The number of carbonyl (C=O) groups excluding carboxylic acids is 1. The lowest BCUT2D eigenvalue weighted by Gasteiger charge is -2.19. The first kappa shape index (κ1) is 18.9. The number of rotatable bonds is 3. The molecular formula is C18H11F2N7O3S. The third kappa shape index (κ3) is 3.11. The fraction of sp³-hybridized carbons (Fsp3) is 0. The number of nitrogens with one attached hydrogen (secondary N) is 2. The van der Waals surface area contributed by atoms with Crippen LogP contribution in [0.25, 0.3) is 11.4 Å². The van der Waals surface area contributed by atoms with Crippen molar-refractivity contribution in [1.29, 1.82) is 0 Å². The van der Waals surface area contributed by atoms with Gasteiger partial charge in [-0.25, -0.2) is 26.9 Å². The fourth-order valence-corrected chi connectivity index (χ4v) is 4.39. The highest BCUT2D eigenvalue weighted by atomic mass is 32.2. The van der Waals surface area contributed by atoms with Crippen molar-refractivity contribution >= 4 is 27.6 Å². The van der Waals surface area contributed by atoms with E-state index >= 15 is 0 Å². The van der Waals surface area contributed by atoms with Crippen LogP contribution >= 0.6 is 0 Å². The normalized spacial score (nSPS) is 13.7. The fourth-order valence-electron chi connectivity index (χ4n) is 3.19. The quantitative estimate of drug-likeness (QED) is 0.500. The van der Waals surface area contributed by atoms with E-state index in [9.17, 15) is 22.0 Å². The predicted octanol–water partition coefficient (Wildman–Crippen LogP) is 2.10. The molecule has 156 valence electrons. The second-order valence-electron chi connectivity index (χ2n) is 6.50. The zero-order chi connectivity index (χ0) is 21.8. The molecule has 1 aliphatic rings. The second kappa shape index (κ2) is 6.70. The third-order valence-corrected chi connectivity index (χ3v) is 5.91. The molecule has 31 heavy (non-hydrogen) atoms. The molecule has 13 heteroatoms. The number of hydrogen-bond acceptors (Lipinski definition) is 6. The summed E-state index contributed by atoms with van der Waals surface area (Å²) < 4.78 is 58.5. The van der Waals surface area contributed by atoms with E-state index in [-0.39, 0.29) is 33.5 Å². The van der Waals surface area contributed by atoms with Gasteiger partial charge in [0, 0.05) is 23.6 Å². The van der Waals surface area contributed by atoms with Crippen LogP contribution in [0.5, 0.6) is 0 Å². The molecule has 0 aliphatic carbocycles. The molecule has 0 saturated heterocycles. The number of nitrogens with zero attached hydrogens (tertiary/aromatic N) is 5. The minimum Gasteiger partial charge on any atom is -0.322 e. The number of benzene rings is 2. The van der Waals surface area contributed by atoms with Crippen LogP contribution in [0.1, 0.15) is 10.4 Å². The smallest absolute Gasteiger partial charge is 0.266 e. The van der Waals surface area contributed by atoms with Gasteiger partial charge in [0.2, 0.25) is 5.95 Å². The maximum Gasteiger partial charge on any atom is 0.266 e. The molecule has 2 N–H and O–H groups in total. The van der Waals surface area contributed by atoms with E-state index in [0.717, 1.165) is 22.8 Å². The molecule has 0 saturated carbocycles. The molecule has 0 unspecified atom stereocenters. The van der Waals surface area contributed by atoms with Gasteiger partial charge in [-0.2, -0.15) is 14.8 Å².